The van der Waals surface area contributed by atoms with Crippen LogP contribution in [-0.2, 0) is 9.59 Å². The number of hydrogen-bond acceptors (Lipinski definition) is 5. The lowest BCUT2D eigenvalue weighted by atomic mass is 10.0. The lowest BCUT2D eigenvalue weighted by molar-refractivity contribution is -0.126. The minimum absolute atomic E-state index is 0.150. The first-order valence-electron chi connectivity index (χ1n) is 13.1. The molecule has 3 aromatic rings. The Morgan fingerprint density at radius 3 is 2.34 bits per heavy atom. The number of carbonyl (C=O) groups excluding carboxylic acids is 3. The largest absolute Gasteiger partial charge is 0.422 e. The van der Waals surface area contributed by atoms with Gasteiger partial charge in [0.2, 0.25) is 5.91 Å². The van der Waals surface area contributed by atoms with E-state index in [1.54, 1.807) is 30.3 Å². The maximum absolute atomic E-state index is 12.7. The van der Waals surface area contributed by atoms with Crippen molar-refractivity contribution in [3.8, 4) is 5.75 Å². The fourth-order valence-electron chi connectivity index (χ4n) is 3.96. The Bertz CT molecular complexity index is 1260. The molecule has 0 saturated heterocycles. The number of benzene rings is 3. The van der Waals surface area contributed by atoms with Crippen LogP contribution < -0.4 is 15.5 Å². The number of rotatable bonds is 14. The van der Waals surface area contributed by atoms with Crippen molar-refractivity contribution in [1.82, 2.24) is 10.7 Å². The van der Waals surface area contributed by atoms with Crippen LogP contribution in [0.2, 0.25) is 5.02 Å². The van der Waals surface area contributed by atoms with Gasteiger partial charge in [0.1, 0.15) is 5.75 Å². The summed E-state index contributed by atoms with van der Waals surface area (Å²) >= 11 is 5.91. The van der Waals surface area contributed by atoms with Crippen molar-refractivity contribution >= 4 is 46.4 Å². The second kappa shape index (κ2) is 15.5. The quantitative estimate of drug-likeness (QED) is 0.0818. The van der Waals surface area contributed by atoms with Gasteiger partial charge in [-0.1, -0.05) is 87.4 Å². The SMILES string of the molecule is CCCCCCCCCC(=O)NCC(=O)NN=Cc1c(OC(=O)c2ccc(Cl)cc2)ccc2ccccc12. The van der Waals surface area contributed by atoms with Crippen LogP contribution in [0.4, 0.5) is 0 Å². The molecule has 0 aliphatic carbocycles. The third-order valence-corrected chi connectivity index (χ3v) is 6.30. The van der Waals surface area contributed by atoms with Gasteiger partial charge < -0.3 is 10.1 Å². The highest BCUT2D eigenvalue weighted by molar-refractivity contribution is 6.30. The maximum Gasteiger partial charge on any atom is 0.343 e. The number of ether oxygens (including phenoxy) is 1. The molecule has 0 aromatic heterocycles. The Labute approximate surface area is 228 Å². The van der Waals surface area contributed by atoms with E-state index in [4.69, 9.17) is 16.3 Å². The molecule has 0 heterocycles. The highest BCUT2D eigenvalue weighted by atomic mass is 35.5. The summed E-state index contributed by atoms with van der Waals surface area (Å²) in [5.74, 6) is -0.846. The number of nitrogens with zero attached hydrogens (tertiary/aromatic N) is 1. The van der Waals surface area contributed by atoms with Crippen molar-refractivity contribution in [3.05, 3.63) is 76.8 Å². The Hall–Kier alpha value is -3.71. The van der Waals surface area contributed by atoms with Gasteiger partial charge in [0.15, 0.2) is 0 Å². The van der Waals surface area contributed by atoms with Crippen LogP contribution >= 0.6 is 11.6 Å². The molecular weight excluding hydrogens is 502 g/mol. The number of hydrogen-bond donors (Lipinski definition) is 2. The Kier molecular flexibility index (Phi) is 11.8. The molecule has 0 aliphatic rings. The van der Waals surface area contributed by atoms with Crippen molar-refractivity contribution in [1.29, 1.82) is 0 Å². The van der Waals surface area contributed by atoms with E-state index in [-0.39, 0.29) is 12.5 Å². The predicted octanol–water partition coefficient (Wildman–Crippen LogP) is 6.42. The molecule has 0 saturated carbocycles. The van der Waals surface area contributed by atoms with Crippen LogP contribution in [0, 0.1) is 0 Å². The number of amides is 2. The van der Waals surface area contributed by atoms with Crippen molar-refractivity contribution < 1.29 is 19.1 Å². The number of fused-ring (bicyclic) bond motifs is 1. The van der Waals surface area contributed by atoms with Crippen LogP contribution in [0.15, 0.2) is 65.8 Å². The van der Waals surface area contributed by atoms with Crippen LogP contribution in [-0.4, -0.2) is 30.5 Å². The second-order valence-electron chi connectivity index (χ2n) is 9.04. The molecule has 3 aromatic carbocycles. The van der Waals surface area contributed by atoms with Gasteiger partial charge in [-0.3, -0.25) is 9.59 Å². The normalized spacial score (nSPS) is 11.0. The van der Waals surface area contributed by atoms with Crippen molar-refractivity contribution in [2.24, 2.45) is 5.10 Å². The second-order valence-corrected chi connectivity index (χ2v) is 9.47. The summed E-state index contributed by atoms with van der Waals surface area (Å²) in [4.78, 5) is 36.9. The number of halogens is 1. The molecule has 38 heavy (non-hydrogen) atoms. The molecule has 8 heteroatoms. The molecule has 0 aliphatic heterocycles. The molecule has 200 valence electrons. The van der Waals surface area contributed by atoms with Crippen molar-refractivity contribution in [2.45, 2.75) is 58.3 Å². The van der Waals surface area contributed by atoms with Gasteiger partial charge in [-0.15, -0.1) is 0 Å². The van der Waals surface area contributed by atoms with Crippen LogP contribution in [0.5, 0.6) is 5.75 Å². The predicted molar refractivity (Wildman–Crippen MR) is 152 cm³/mol. The topological polar surface area (TPSA) is 96.9 Å². The van der Waals surface area contributed by atoms with Crippen LogP contribution in [0.1, 0.15) is 74.2 Å². The number of carbonyl (C=O) groups is 3. The smallest absolute Gasteiger partial charge is 0.343 e. The molecule has 0 unspecified atom stereocenters. The third-order valence-electron chi connectivity index (χ3n) is 6.05. The van der Waals surface area contributed by atoms with Gasteiger partial charge in [-0.05, 0) is 47.5 Å². The van der Waals surface area contributed by atoms with E-state index >= 15 is 0 Å². The van der Waals surface area contributed by atoms with E-state index in [0.29, 0.717) is 28.3 Å². The number of hydrazone groups is 1. The van der Waals surface area contributed by atoms with E-state index in [0.717, 1.165) is 30.0 Å². The fourth-order valence-corrected chi connectivity index (χ4v) is 4.09. The molecule has 2 N–H and O–H groups in total. The summed E-state index contributed by atoms with van der Waals surface area (Å²) in [5.41, 5.74) is 3.31. The van der Waals surface area contributed by atoms with Crippen LogP contribution in [0.3, 0.4) is 0 Å². The Morgan fingerprint density at radius 1 is 0.868 bits per heavy atom. The highest BCUT2D eigenvalue weighted by Crippen LogP contribution is 2.27. The third kappa shape index (κ3) is 9.30. The lowest BCUT2D eigenvalue weighted by Gasteiger charge is -2.11. The molecule has 0 fully saturated rings. The zero-order valence-electron chi connectivity index (χ0n) is 21.7. The molecule has 3 rings (SSSR count). The summed E-state index contributed by atoms with van der Waals surface area (Å²) in [6.07, 6.45) is 9.73. The Balaban J connectivity index is 1.55. The lowest BCUT2D eigenvalue weighted by Crippen LogP contribution is -2.34. The first kappa shape index (κ1) is 28.9. The molecule has 0 atom stereocenters. The van der Waals surface area contributed by atoms with Gasteiger partial charge in [-0.2, -0.15) is 5.10 Å². The fraction of sp³-hybridized carbons (Fsp3) is 0.333. The van der Waals surface area contributed by atoms with E-state index < -0.39 is 11.9 Å². The summed E-state index contributed by atoms with van der Waals surface area (Å²) in [5, 5.41) is 8.92. The first-order chi connectivity index (χ1) is 18.5. The van der Waals surface area contributed by atoms with E-state index in [1.165, 1.54) is 31.9 Å². The first-order valence-corrected chi connectivity index (χ1v) is 13.4. The average Bonchev–Trinajstić information content (AvgIpc) is 2.92. The minimum Gasteiger partial charge on any atom is -0.422 e. The average molecular weight is 536 g/mol. The molecule has 0 spiro atoms. The monoisotopic (exact) mass is 535 g/mol. The van der Waals surface area contributed by atoms with Gasteiger partial charge in [0, 0.05) is 17.0 Å². The summed E-state index contributed by atoms with van der Waals surface area (Å²) in [6, 6.07) is 17.5. The summed E-state index contributed by atoms with van der Waals surface area (Å²) in [6.45, 7) is 2.02. The van der Waals surface area contributed by atoms with Crippen molar-refractivity contribution in [2.75, 3.05) is 6.54 Å². The highest BCUT2D eigenvalue weighted by Gasteiger charge is 2.14. The van der Waals surface area contributed by atoms with Gasteiger partial charge in [-0.25, -0.2) is 10.2 Å². The maximum atomic E-state index is 12.7. The van der Waals surface area contributed by atoms with Gasteiger partial charge >= 0.3 is 5.97 Å². The van der Waals surface area contributed by atoms with Crippen molar-refractivity contribution in [3.63, 3.8) is 0 Å². The number of esters is 1. The molecule has 0 bridgehead atoms. The van der Waals surface area contributed by atoms with Gasteiger partial charge in [0.25, 0.3) is 5.91 Å². The molecule has 2 amide bonds. The van der Waals surface area contributed by atoms with E-state index in [2.05, 4.69) is 22.8 Å². The van der Waals surface area contributed by atoms with Gasteiger partial charge in [0.05, 0.1) is 18.3 Å². The molecular formula is C30H34ClN3O4. The standard InChI is InChI=1S/C30H34ClN3O4/c1-2-3-4-5-6-7-8-13-28(35)32-21-29(36)34-33-20-26-25-12-10-9-11-22(25)16-19-27(26)38-30(37)23-14-17-24(31)18-15-23/h9-12,14-20H,2-8,13,21H2,1H3,(H,32,35)(H,34,36). The number of nitrogens with one attached hydrogen (secondary N) is 2. The zero-order chi connectivity index (χ0) is 27.2. The van der Waals surface area contributed by atoms with E-state index in [1.807, 2.05) is 30.3 Å². The zero-order valence-corrected chi connectivity index (χ0v) is 22.4. The number of unbranched alkanes of at least 4 members (excludes halogenated alkanes) is 6. The van der Waals surface area contributed by atoms with Crippen LogP contribution in [0.25, 0.3) is 10.8 Å². The Morgan fingerprint density at radius 2 is 1.58 bits per heavy atom. The molecule has 7 nitrogen and oxygen atoms in total. The summed E-state index contributed by atoms with van der Waals surface area (Å²) < 4.78 is 5.65. The summed E-state index contributed by atoms with van der Waals surface area (Å²) in [7, 11) is 0. The minimum atomic E-state index is -0.542. The van der Waals surface area contributed by atoms with E-state index in [9.17, 15) is 14.4 Å². The molecule has 0 radical (unpaired) electrons.